The highest BCUT2D eigenvalue weighted by Crippen LogP contribution is 2.42. The molecule has 0 N–H and O–H groups in total. The first-order chi connectivity index (χ1) is 11.6. The molecule has 2 aliphatic rings. The van der Waals surface area contributed by atoms with E-state index in [0.717, 1.165) is 35.7 Å². The third-order valence-corrected chi connectivity index (χ3v) is 5.57. The minimum Gasteiger partial charge on any atom is -0.486 e. The highest BCUT2D eigenvalue weighted by Gasteiger charge is 2.41. The van der Waals surface area contributed by atoms with Gasteiger partial charge in [0.05, 0.1) is 12.0 Å². The number of aromatic nitrogens is 2. The number of Topliss-reactive ketones (excluding diaryl/α,β-unsaturated/α-hetero) is 1. The zero-order valence-corrected chi connectivity index (χ0v) is 14.5. The SMILES string of the molecule is Cc1nnc(COc2ccc3c(c2)OC2(CCCCC2)CC3=O)s1. The Morgan fingerprint density at radius 3 is 2.83 bits per heavy atom. The number of benzene rings is 1. The standard InChI is InChI=1S/C18H20N2O3S/c1-12-19-20-17(24-12)11-22-13-5-6-14-15(21)10-18(23-16(14)9-13)7-3-2-4-8-18/h5-6,9H,2-4,7-8,10-11H2,1H3. The lowest BCUT2D eigenvalue weighted by atomic mass is 9.78. The number of hydrogen-bond donors (Lipinski definition) is 0. The van der Waals surface area contributed by atoms with Crippen molar-refractivity contribution < 1.29 is 14.3 Å². The van der Waals surface area contributed by atoms with Crippen molar-refractivity contribution in [3.63, 3.8) is 0 Å². The summed E-state index contributed by atoms with van der Waals surface area (Å²) in [6, 6.07) is 5.48. The molecule has 1 aromatic heterocycles. The van der Waals surface area contributed by atoms with Gasteiger partial charge in [0.25, 0.3) is 0 Å². The Morgan fingerprint density at radius 2 is 2.08 bits per heavy atom. The van der Waals surface area contributed by atoms with Crippen LogP contribution in [0.1, 0.15) is 58.9 Å². The summed E-state index contributed by atoms with van der Waals surface area (Å²) >= 11 is 1.52. The van der Waals surface area contributed by atoms with Crippen LogP contribution in [0.25, 0.3) is 0 Å². The lowest BCUT2D eigenvalue weighted by molar-refractivity contribution is 0.0134. The van der Waals surface area contributed by atoms with E-state index in [1.54, 1.807) is 0 Å². The minimum atomic E-state index is -0.294. The first-order valence-electron chi connectivity index (χ1n) is 8.42. The lowest BCUT2D eigenvalue weighted by Gasteiger charge is -2.40. The number of nitrogens with zero attached hydrogens (tertiary/aromatic N) is 2. The zero-order chi connectivity index (χ0) is 16.6. The van der Waals surface area contributed by atoms with Crippen LogP contribution < -0.4 is 9.47 Å². The van der Waals surface area contributed by atoms with Crippen LogP contribution >= 0.6 is 11.3 Å². The molecule has 5 nitrogen and oxygen atoms in total. The smallest absolute Gasteiger partial charge is 0.170 e. The molecule has 1 aliphatic heterocycles. The Balaban J connectivity index is 1.53. The molecule has 0 saturated heterocycles. The van der Waals surface area contributed by atoms with E-state index in [1.807, 2.05) is 25.1 Å². The molecule has 1 spiro atoms. The Bertz CT molecular complexity index is 765. The monoisotopic (exact) mass is 344 g/mol. The third-order valence-electron chi connectivity index (χ3n) is 4.76. The maximum absolute atomic E-state index is 12.5. The minimum absolute atomic E-state index is 0.185. The fourth-order valence-corrected chi connectivity index (χ4v) is 4.20. The zero-order valence-electron chi connectivity index (χ0n) is 13.7. The highest BCUT2D eigenvalue weighted by atomic mass is 32.1. The number of ketones is 1. The largest absolute Gasteiger partial charge is 0.486 e. The number of aryl methyl sites for hydroxylation is 1. The summed E-state index contributed by atoms with van der Waals surface area (Å²) < 4.78 is 12.1. The van der Waals surface area contributed by atoms with Gasteiger partial charge in [0.2, 0.25) is 0 Å². The van der Waals surface area contributed by atoms with Crippen molar-refractivity contribution in [3.8, 4) is 11.5 Å². The second-order valence-electron chi connectivity index (χ2n) is 6.61. The number of carbonyl (C=O) groups excluding carboxylic acids is 1. The average molecular weight is 344 g/mol. The summed E-state index contributed by atoms with van der Waals surface area (Å²) in [4.78, 5) is 12.5. The molecular formula is C18H20N2O3S. The second-order valence-corrected chi connectivity index (χ2v) is 7.87. The third kappa shape index (κ3) is 3.02. The van der Waals surface area contributed by atoms with E-state index in [-0.39, 0.29) is 11.4 Å². The summed E-state index contributed by atoms with van der Waals surface area (Å²) in [6.45, 7) is 2.30. The van der Waals surface area contributed by atoms with E-state index in [4.69, 9.17) is 9.47 Å². The van der Waals surface area contributed by atoms with Gasteiger partial charge in [-0.15, -0.1) is 10.2 Å². The fourth-order valence-electron chi connectivity index (χ4n) is 3.58. The molecule has 0 bridgehead atoms. The van der Waals surface area contributed by atoms with E-state index in [0.29, 0.717) is 30.1 Å². The molecule has 6 heteroatoms. The van der Waals surface area contributed by atoms with Crippen molar-refractivity contribution in [2.24, 2.45) is 0 Å². The predicted molar refractivity (Wildman–Crippen MR) is 90.8 cm³/mol. The molecule has 0 radical (unpaired) electrons. The molecule has 24 heavy (non-hydrogen) atoms. The van der Waals surface area contributed by atoms with Crippen LogP contribution in [0.2, 0.25) is 0 Å². The number of carbonyl (C=O) groups is 1. The molecule has 1 aliphatic carbocycles. The second kappa shape index (κ2) is 6.16. The Morgan fingerprint density at radius 1 is 1.25 bits per heavy atom. The van der Waals surface area contributed by atoms with Gasteiger partial charge in [-0.25, -0.2) is 0 Å². The summed E-state index contributed by atoms with van der Waals surface area (Å²) in [7, 11) is 0. The normalized spacial score (nSPS) is 19.0. The quantitative estimate of drug-likeness (QED) is 0.839. The van der Waals surface area contributed by atoms with Crippen molar-refractivity contribution in [2.45, 2.75) is 57.7 Å². The van der Waals surface area contributed by atoms with Crippen molar-refractivity contribution >= 4 is 17.1 Å². The van der Waals surface area contributed by atoms with Gasteiger partial charge in [-0.1, -0.05) is 17.8 Å². The van der Waals surface area contributed by atoms with Crippen LogP contribution in [0.3, 0.4) is 0 Å². The first kappa shape index (κ1) is 15.6. The number of fused-ring (bicyclic) bond motifs is 1. The van der Waals surface area contributed by atoms with Crippen LogP contribution in [-0.4, -0.2) is 21.6 Å². The Kier molecular flexibility index (Phi) is 4.00. The van der Waals surface area contributed by atoms with E-state index in [2.05, 4.69) is 10.2 Å². The van der Waals surface area contributed by atoms with E-state index < -0.39 is 0 Å². The van der Waals surface area contributed by atoms with Crippen LogP contribution in [0.5, 0.6) is 11.5 Å². The van der Waals surface area contributed by atoms with Crippen LogP contribution in [0, 0.1) is 6.92 Å². The molecule has 1 aromatic carbocycles. The van der Waals surface area contributed by atoms with Gasteiger partial charge in [0, 0.05) is 6.07 Å². The Labute approximate surface area is 145 Å². The molecule has 1 saturated carbocycles. The fraction of sp³-hybridized carbons (Fsp3) is 0.500. The summed E-state index contributed by atoms with van der Waals surface area (Å²) in [5, 5.41) is 9.80. The molecule has 126 valence electrons. The van der Waals surface area contributed by atoms with E-state index >= 15 is 0 Å². The van der Waals surface area contributed by atoms with Gasteiger partial charge in [-0.2, -0.15) is 0 Å². The molecule has 0 atom stereocenters. The number of hydrogen-bond acceptors (Lipinski definition) is 6. The van der Waals surface area contributed by atoms with Gasteiger partial charge in [0.15, 0.2) is 10.8 Å². The van der Waals surface area contributed by atoms with E-state index in [9.17, 15) is 4.79 Å². The highest BCUT2D eigenvalue weighted by molar-refractivity contribution is 7.11. The van der Waals surface area contributed by atoms with Gasteiger partial charge in [0.1, 0.15) is 28.7 Å². The molecule has 0 amide bonds. The summed E-state index contributed by atoms with van der Waals surface area (Å²) in [5.74, 6) is 1.55. The maximum atomic E-state index is 12.5. The van der Waals surface area contributed by atoms with Crippen molar-refractivity contribution in [3.05, 3.63) is 33.8 Å². The van der Waals surface area contributed by atoms with Crippen molar-refractivity contribution in [1.82, 2.24) is 10.2 Å². The van der Waals surface area contributed by atoms with Gasteiger partial charge in [-0.3, -0.25) is 4.79 Å². The summed E-state index contributed by atoms with van der Waals surface area (Å²) in [6.07, 6.45) is 5.94. The molecule has 2 heterocycles. The van der Waals surface area contributed by atoms with Crippen molar-refractivity contribution in [2.75, 3.05) is 0 Å². The van der Waals surface area contributed by atoms with Gasteiger partial charge in [-0.05, 0) is 44.7 Å². The van der Waals surface area contributed by atoms with Crippen LogP contribution in [0.4, 0.5) is 0 Å². The van der Waals surface area contributed by atoms with Crippen LogP contribution in [-0.2, 0) is 6.61 Å². The summed E-state index contributed by atoms with van der Waals surface area (Å²) in [5.41, 5.74) is 0.377. The lowest BCUT2D eigenvalue weighted by Crippen LogP contribution is -2.43. The topological polar surface area (TPSA) is 61.3 Å². The van der Waals surface area contributed by atoms with Crippen LogP contribution in [0.15, 0.2) is 18.2 Å². The van der Waals surface area contributed by atoms with Crippen molar-refractivity contribution in [1.29, 1.82) is 0 Å². The number of ether oxygens (including phenoxy) is 2. The maximum Gasteiger partial charge on any atom is 0.170 e. The molecule has 0 unspecified atom stereocenters. The van der Waals surface area contributed by atoms with Gasteiger partial charge < -0.3 is 9.47 Å². The molecular weight excluding hydrogens is 324 g/mol. The molecule has 4 rings (SSSR count). The molecule has 2 aromatic rings. The van der Waals surface area contributed by atoms with E-state index in [1.165, 1.54) is 17.8 Å². The van der Waals surface area contributed by atoms with Gasteiger partial charge >= 0.3 is 0 Å². The first-order valence-corrected chi connectivity index (χ1v) is 9.23. The molecule has 1 fully saturated rings. The Hall–Kier alpha value is -1.95. The number of rotatable bonds is 3. The average Bonchev–Trinajstić information content (AvgIpc) is 2.99. The predicted octanol–water partition coefficient (Wildman–Crippen LogP) is 4.09.